The summed E-state index contributed by atoms with van der Waals surface area (Å²) in [5.41, 5.74) is 6.16. The predicted octanol–water partition coefficient (Wildman–Crippen LogP) is 2.11. The first-order valence-electron chi connectivity index (χ1n) is 5.53. The number of carboxylic acid groups (broad SMARTS) is 1. The summed E-state index contributed by atoms with van der Waals surface area (Å²) in [5, 5.41) is 11.7. The van der Waals surface area contributed by atoms with E-state index in [4.69, 9.17) is 10.8 Å². The van der Waals surface area contributed by atoms with Gasteiger partial charge in [0.25, 0.3) is 0 Å². The maximum Gasteiger partial charge on any atom is 0.337 e. The van der Waals surface area contributed by atoms with Crippen LogP contribution in [0, 0.1) is 5.82 Å². The highest BCUT2D eigenvalue weighted by molar-refractivity contribution is 5.94. The Bertz CT molecular complexity index is 602. The number of hydrogen-bond acceptors (Lipinski definition) is 4. The van der Waals surface area contributed by atoms with E-state index in [1.54, 1.807) is 18.5 Å². The number of nitrogen functional groups attached to an aromatic ring is 1. The number of nitrogens with two attached hydrogens (primary N) is 1. The molecule has 0 aliphatic carbocycles. The van der Waals surface area contributed by atoms with Crippen LogP contribution in [0.2, 0.25) is 0 Å². The van der Waals surface area contributed by atoms with Crippen molar-refractivity contribution in [3.63, 3.8) is 0 Å². The van der Waals surface area contributed by atoms with Gasteiger partial charge in [0.15, 0.2) is 0 Å². The Hall–Kier alpha value is -2.63. The number of nitrogens with zero attached hydrogens (tertiary/aromatic N) is 1. The lowest BCUT2D eigenvalue weighted by Gasteiger charge is -2.10. The smallest absolute Gasteiger partial charge is 0.337 e. The fourth-order valence-electron chi connectivity index (χ4n) is 1.61. The number of aromatic carboxylic acids is 1. The van der Waals surface area contributed by atoms with Gasteiger partial charge < -0.3 is 16.2 Å². The van der Waals surface area contributed by atoms with Crippen molar-refractivity contribution < 1.29 is 14.3 Å². The van der Waals surface area contributed by atoms with Gasteiger partial charge in [-0.2, -0.15) is 0 Å². The standard InChI is InChI=1S/C13H12FN3O2/c14-10-5-11(15)9(13(18)19)4-12(10)17-7-8-2-1-3-16-6-8/h1-6,17H,7,15H2,(H,18,19). The summed E-state index contributed by atoms with van der Waals surface area (Å²) in [4.78, 5) is 14.9. The van der Waals surface area contributed by atoms with E-state index in [1.165, 1.54) is 6.07 Å². The van der Waals surface area contributed by atoms with E-state index in [0.717, 1.165) is 11.6 Å². The van der Waals surface area contributed by atoms with E-state index in [1.807, 2.05) is 6.07 Å². The number of carboxylic acids is 1. The SMILES string of the molecule is Nc1cc(F)c(NCc2cccnc2)cc1C(=O)O. The Labute approximate surface area is 108 Å². The third-order valence-electron chi connectivity index (χ3n) is 2.58. The van der Waals surface area contributed by atoms with Crippen molar-refractivity contribution in [2.24, 2.45) is 0 Å². The number of nitrogens with one attached hydrogen (secondary N) is 1. The molecule has 0 aliphatic rings. The number of anilines is 2. The Morgan fingerprint density at radius 1 is 1.47 bits per heavy atom. The molecule has 0 amide bonds. The number of pyridine rings is 1. The Kier molecular flexibility index (Phi) is 3.61. The second kappa shape index (κ2) is 5.34. The highest BCUT2D eigenvalue weighted by atomic mass is 19.1. The maximum absolute atomic E-state index is 13.6. The molecular weight excluding hydrogens is 249 g/mol. The average Bonchev–Trinajstić information content (AvgIpc) is 2.38. The van der Waals surface area contributed by atoms with Gasteiger partial charge in [-0.3, -0.25) is 4.98 Å². The van der Waals surface area contributed by atoms with Gasteiger partial charge in [-0.25, -0.2) is 9.18 Å². The predicted molar refractivity (Wildman–Crippen MR) is 69.3 cm³/mol. The molecule has 98 valence electrons. The monoisotopic (exact) mass is 261 g/mol. The molecule has 0 saturated heterocycles. The van der Waals surface area contributed by atoms with Gasteiger partial charge in [-0.05, 0) is 23.8 Å². The Morgan fingerprint density at radius 3 is 2.89 bits per heavy atom. The first kappa shape index (κ1) is 12.8. The molecule has 4 N–H and O–H groups in total. The largest absolute Gasteiger partial charge is 0.478 e. The molecule has 1 aromatic carbocycles. The summed E-state index contributed by atoms with van der Waals surface area (Å²) in [5.74, 6) is -1.78. The lowest BCUT2D eigenvalue weighted by molar-refractivity contribution is 0.0698. The van der Waals surface area contributed by atoms with Crippen molar-refractivity contribution >= 4 is 17.3 Å². The van der Waals surface area contributed by atoms with Crippen LogP contribution in [-0.4, -0.2) is 16.1 Å². The van der Waals surface area contributed by atoms with Gasteiger partial charge in [0, 0.05) is 24.6 Å². The molecule has 0 saturated carbocycles. The topological polar surface area (TPSA) is 88.2 Å². The molecule has 1 heterocycles. The second-order valence-corrected chi connectivity index (χ2v) is 3.94. The van der Waals surface area contributed by atoms with Crippen LogP contribution in [0.15, 0.2) is 36.7 Å². The minimum atomic E-state index is -1.19. The van der Waals surface area contributed by atoms with E-state index < -0.39 is 11.8 Å². The quantitative estimate of drug-likeness (QED) is 0.733. The fraction of sp³-hybridized carbons (Fsp3) is 0.0769. The van der Waals surface area contributed by atoms with Gasteiger partial charge in [0.05, 0.1) is 11.3 Å². The normalized spacial score (nSPS) is 10.2. The average molecular weight is 261 g/mol. The van der Waals surface area contributed by atoms with Crippen molar-refractivity contribution in [2.45, 2.75) is 6.54 Å². The van der Waals surface area contributed by atoms with Gasteiger partial charge in [-0.1, -0.05) is 6.07 Å². The molecule has 0 fully saturated rings. The molecule has 6 heteroatoms. The number of carbonyl (C=O) groups is 1. The summed E-state index contributed by atoms with van der Waals surface area (Å²) in [6.45, 7) is 0.341. The van der Waals surface area contributed by atoms with Gasteiger partial charge in [0.2, 0.25) is 0 Å². The van der Waals surface area contributed by atoms with Gasteiger partial charge in [0.1, 0.15) is 5.82 Å². The molecule has 5 nitrogen and oxygen atoms in total. The number of benzene rings is 1. The Balaban J connectivity index is 2.21. The van der Waals surface area contributed by atoms with Crippen molar-refractivity contribution in [1.29, 1.82) is 0 Å². The highest BCUT2D eigenvalue weighted by Crippen LogP contribution is 2.22. The molecule has 2 rings (SSSR count). The molecule has 0 atom stereocenters. The summed E-state index contributed by atoms with van der Waals surface area (Å²) in [7, 11) is 0. The third-order valence-corrected chi connectivity index (χ3v) is 2.58. The number of halogens is 1. The van der Waals surface area contributed by atoms with Crippen LogP contribution in [0.1, 0.15) is 15.9 Å². The molecule has 0 spiro atoms. The van der Waals surface area contributed by atoms with Crippen LogP contribution in [0.25, 0.3) is 0 Å². The van der Waals surface area contributed by atoms with Gasteiger partial charge >= 0.3 is 5.97 Å². The maximum atomic E-state index is 13.6. The van der Waals surface area contributed by atoms with Crippen molar-refractivity contribution in [1.82, 2.24) is 4.98 Å². The van der Waals surface area contributed by atoms with Crippen LogP contribution in [0.4, 0.5) is 15.8 Å². The molecular formula is C13H12FN3O2. The first-order valence-corrected chi connectivity index (χ1v) is 5.53. The summed E-state index contributed by atoms with van der Waals surface area (Å²) in [6, 6.07) is 5.77. The van der Waals surface area contributed by atoms with Crippen LogP contribution >= 0.6 is 0 Å². The molecule has 19 heavy (non-hydrogen) atoms. The zero-order chi connectivity index (χ0) is 13.8. The molecule has 0 bridgehead atoms. The lowest BCUT2D eigenvalue weighted by Crippen LogP contribution is -2.07. The van der Waals surface area contributed by atoms with E-state index >= 15 is 0 Å². The van der Waals surface area contributed by atoms with E-state index in [2.05, 4.69) is 10.3 Å². The van der Waals surface area contributed by atoms with Crippen molar-refractivity contribution in [3.05, 3.63) is 53.6 Å². The van der Waals surface area contributed by atoms with E-state index in [0.29, 0.717) is 6.54 Å². The highest BCUT2D eigenvalue weighted by Gasteiger charge is 2.12. The van der Waals surface area contributed by atoms with Gasteiger partial charge in [-0.15, -0.1) is 0 Å². The molecule has 1 aromatic heterocycles. The van der Waals surface area contributed by atoms with E-state index in [-0.39, 0.29) is 16.9 Å². The molecule has 2 aromatic rings. The lowest BCUT2D eigenvalue weighted by atomic mass is 10.1. The fourth-order valence-corrected chi connectivity index (χ4v) is 1.61. The third kappa shape index (κ3) is 2.98. The summed E-state index contributed by atoms with van der Waals surface area (Å²) >= 11 is 0. The first-order chi connectivity index (χ1) is 9.08. The minimum Gasteiger partial charge on any atom is -0.478 e. The second-order valence-electron chi connectivity index (χ2n) is 3.94. The summed E-state index contributed by atoms with van der Waals surface area (Å²) in [6.07, 6.45) is 3.27. The zero-order valence-corrected chi connectivity index (χ0v) is 9.93. The number of rotatable bonds is 4. The van der Waals surface area contributed by atoms with Crippen molar-refractivity contribution in [2.75, 3.05) is 11.1 Å². The zero-order valence-electron chi connectivity index (χ0n) is 9.93. The van der Waals surface area contributed by atoms with Crippen LogP contribution in [0.5, 0.6) is 0 Å². The molecule has 0 aliphatic heterocycles. The van der Waals surface area contributed by atoms with Crippen LogP contribution in [0.3, 0.4) is 0 Å². The summed E-state index contributed by atoms with van der Waals surface area (Å²) < 4.78 is 13.6. The molecule has 0 radical (unpaired) electrons. The van der Waals surface area contributed by atoms with Crippen molar-refractivity contribution in [3.8, 4) is 0 Å². The molecule has 0 unspecified atom stereocenters. The van der Waals surface area contributed by atoms with E-state index in [9.17, 15) is 9.18 Å². The minimum absolute atomic E-state index is 0.0930. The Morgan fingerprint density at radius 2 is 2.26 bits per heavy atom. The number of aromatic nitrogens is 1. The van der Waals surface area contributed by atoms with Crippen LogP contribution < -0.4 is 11.1 Å². The number of hydrogen-bond donors (Lipinski definition) is 3. The van der Waals surface area contributed by atoms with Crippen LogP contribution in [-0.2, 0) is 6.54 Å².